The lowest BCUT2D eigenvalue weighted by atomic mass is 9.88. The second-order valence-corrected chi connectivity index (χ2v) is 5.17. The van der Waals surface area contributed by atoms with Crippen molar-refractivity contribution in [2.45, 2.75) is 52.2 Å². The molecule has 3 nitrogen and oxygen atoms in total. The van der Waals surface area contributed by atoms with E-state index in [0.717, 1.165) is 24.5 Å². The third kappa shape index (κ3) is 3.45. The summed E-state index contributed by atoms with van der Waals surface area (Å²) < 4.78 is 6.14. The van der Waals surface area contributed by atoms with Gasteiger partial charge in [-0.3, -0.25) is 0 Å². The summed E-state index contributed by atoms with van der Waals surface area (Å²) in [6.07, 6.45) is 7.23. The van der Waals surface area contributed by atoms with Gasteiger partial charge in [0.15, 0.2) is 0 Å². The number of hydrogen-bond acceptors (Lipinski definition) is 3. The standard InChI is InChI=1S/C15H24N2O/c1-3-16-11-13-8-6-10-17-15(13)18-14-9-5-4-7-12(14)2/h6,8,10,12,14,16H,3-5,7,9,11H2,1-2H3. The Kier molecular flexibility index (Phi) is 5.00. The van der Waals surface area contributed by atoms with Gasteiger partial charge in [-0.25, -0.2) is 4.98 Å². The van der Waals surface area contributed by atoms with Crippen LogP contribution in [0.3, 0.4) is 0 Å². The van der Waals surface area contributed by atoms with Crippen LogP contribution < -0.4 is 10.1 Å². The Balaban J connectivity index is 2.03. The minimum absolute atomic E-state index is 0.342. The minimum atomic E-state index is 0.342. The summed E-state index contributed by atoms with van der Waals surface area (Å²) in [5.74, 6) is 1.46. The molecule has 2 unspecified atom stereocenters. The van der Waals surface area contributed by atoms with Crippen LogP contribution in [0.1, 0.15) is 45.1 Å². The van der Waals surface area contributed by atoms with Gasteiger partial charge in [-0.1, -0.05) is 26.3 Å². The largest absolute Gasteiger partial charge is 0.474 e. The van der Waals surface area contributed by atoms with E-state index in [0.29, 0.717) is 12.0 Å². The Labute approximate surface area is 110 Å². The SMILES string of the molecule is CCNCc1cccnc1OC1CCCCC1C. The number of nitrogens with one attached hydrogen (secondary N) is 1. The zero-order valence-corrected chi connectivity index (χ0v) is 11.5. The topological polar surface area (TPSA) is 34.2 Å². The zero-order valence-electron chi connectivity index (χ0n) is 11.5. The van der Waals surface area contributed by atoms with E-state index in [9.17, 15) is 0 Å². The van der Waals surface area contributed by atoms with E-state index in [4.69, 9.17) is 4.74 Å². The number of aromatic nitrogens is 1. The third-order valence-corrected chi connectivity index (χ3v) is 3.71. The van der Waals surface area contributed by atoms with Crippen molar-refractivity contribution in [3.05, 3.63) is 23.9 Å². The van der Waals surface area contributed by atoms with Gasteiger partial charge in [0.1, 0.15) is 6.10 Å². The molecule has 1 aliphatic rings. The molecule has 0 bridgehead atoms. The van der Waals surface area contributed by atoms with Crippen molar-refractivity contribution in [2.24, 2.45) is 5.92 Å². The van der Waals surface area contributed by atoms with Gasteiger partial charge >= 0.3 is 0 Å². The molecule has 3 heteroatoms. The van der Waals surface area contributed by atoms with Crippen LogP contribution in [0.5, 0.6) is 5.88 Å². The molecule has 1 heterocycles. The molecule has 100 valence electrons. The summed E-state index contributed by atoms with van der Waals surface area (Å²) in [5.41, 5.74) is 1.16. The molecule has 0 amide bonds. The predicted octanol–water partition coefficient (Wildman–Crippen LogP) is 3.15. The first kappa shape index (κ1) is 13.3. The van der Waals surface area contributed by atoms with Gasteiger partial charge in [0.05, 0.1) is 0 Å². The van der Waals surface area contributed by atoms with E-state index in [1.165, 1.54) is 25.7 Å². The van der Waals surface area contributed by atoms with E-state index in [-0.39, 0.29) is 0 Å². The van der Waals surface area contributed by atoms with Gasteiger partial charge < -0.3 is 10.1 Å². The Bertz CT molecular complexity index is 367. The Morgan fingerprint density at radius 2 is 2.22 bits per heavy atom. The second-order valence-electron chi connectivity index (χ2n) is 5.17. The molecule has 1 N–H and O–H groups in total. The van der Waals surface area contributed by atoms with Crippen LogP contribution in [-0.2, 0) is 6.54 Å². The highest BCUT2D eigenvalue weighted by atomic mass is 16.5. The van der Waals surface area contributed by atoms with E-state index >= 15 is 0 Å². The average molecular weight is 248 g/mol. The van der Waals surface area contributed by atoms with E-state index in [1.807, 2.05) is 12.3 Å². The molecule has 2 rings (SSSR count). The summed E-state index contributed by atoms with van der Waals surface area (Å²) in [5, 5.41) is 3.33. The van der Waals surface area contributed by atoms with Crippen molar-refractivity contribution in [3.63, 3.8) is 0 Å². The molecular weight excluding hydrogens is 224 g/mol. The van der Waals surface area contributed by atoms with Crippen molar-refractivity contribution in [1.29, 1.82) is 0 Å². The molecule has 18 heavy (non-hydrogen) atoms. The molecule has 1 saturated carbocycles. The third-order valence-electron chi connectivity index (χ3n) is 3.71. The number of rotatable bonds is 5. The van der Waals surface area contributed by atoms with Crippen LogP contribution in [0.25, 0.3) is 0 Å². The average Bonchev–Trinajstić information content (AvgIpc) is 2.40. The van der Waals surface area contributed by atoms with Crippen LogP contribution in [0.4, 0.5) is 0 Å². The molecule has 1 fully saturated rings. The van der Waals surface area contributed by atoms with Crippen LogP contribution >= 0.6 is 0 Å². The van der Waals surface area contributed by atoms with Crippen molar-refractivity contribution in [1.82, 2.24) is 10.3 Å². The molecule has 0 aromatic carbocycles. The van der Waals surface area contributed by atoms with Crippen molar-refractivity contribution >= 4 is 0 Å². The van der Waals surface area contributed by atoms with Crippen molar-refractivity contribution in [3.8, 4) is 5.88 Å². The highest BCUT2D eigenvalue weighted by Crippen LogP contribution is 2.28. The number of hydrogen-bond donors (Lipinski definition) is 1. The predicted molar refractivity (Wildman–Crippen MR) is 73.7 cm³/mol. The fourth-order valence-corrected chi connectivity index (χ4v) is 2.53. The summed E-state index contributed by atoms with van der Waals surface area (Å²) >= 11 is 0. The molecule has 0 spiro atoms. The number of nitrogens with zero attached hydrogens (tertiary/aromatic N) is 1. The second kappa shape index (κ2) is 6.74. The van der Waals surface area contributed by atoms with Crippen LogP contribution in [0, 0.1) is 5.92 Å². The monoisotopic (exact) mass is 248 g/mol. The Morgan fingerprint density at radius 3 is 3.00 bits per heavy atom. The normalized spacial score (nSPS) is 23.9. The highest BCUT2D eigenvalue weighted by Gasteiger charge is 2.23. The molecule has 0 radical (unpaired) electrons. The summed E-state index contributed by atoms with van der Waals surface area (Å²) in [7, 11) is 0. The van der Waals surface area contributed by atoms with E-state index in [2.05, 4.69) is 30.2 Å². The molecule has 1 aliphatic carbocycles. The maximum absolute atomic E-state index is 6.14. The smallest absolute Gasteiger partial charge is 0.218 e. The summed E-state index contributed by atoms with van der Waals surface area (Å²) in [4.78, 5) is 4.40. The van der Waals surface area contributed by atoms with E-state index in [1.54, 1.807) is 0 Å². The molecule has 0 saturated heterocycles. The molecule has 1 aromatic heterocycles. The minimum Gasteiger partial charge on any atom is -0.474 e. The van der Waals surface area contributed by atoms with Gasteiger partial charge in [-0.05, 0) is 37.8 Å². The molecule has 2 atom stereocenters. The van der Waals surface area contributed by atoms with Gasteiger partial charge in [0, 0.05) is 18.3 Å². The lowest BCUT2D eigenvalue weighted by Crippen LogP contribution is -2.29. The van der Waals surface area contributed by atoms with E-state index < -0.39 is 0 Å². The maximum Gasteiger partial charge on any atom is 0.218 e. The van der Waals surface area contributed by atoms with Crippen LogP contribution in [-0.4, -0.2) is 17.6 Å². The quantitative estimate of drug-likeness (QED) is 0.869. The van der Waals surface area contributed by atoms with Gasteiger partial charge in [0.25, 0.3) is 0 Å². The maximum atomic E-state index is 6.14. The first-order valence-electron chi connectivity index (χ1n) is 7.12. The highest BCUT2D eigenvalue weighted by molar-refractivity contribution is 5.25. The summed E-state index contributed by atoms with van der Waals surface area (Å²) in [6.45, 7) is 6.20. The van der Waals surface area contributed by atoms with Crippen molar-refractivity contribution in [2.75, 3.05) is 6.54 Å². The lowest BCUT2D eigenvalue weighted by molar-refractivity contribution is 0.0963. The Hall–Kier alpha value is -1.09. The fraction of sp³-hybridized carbons (Fsp3) is 0.667. The van der Waals surface area contributed by atoms with Gasteiger partial charge in [-0.2, -0.15) is 0 Å². The van der Waals surface area contributed by atoms with Crippen molar-refractivity contribution < 1.29 is 4.74 Å². The van der Waals surface area contributed by atoms with Gasteiger partial charge in [0.2, 0.25) is 5.88 Å². The number of pyridine rings is 1. The summed E-state index contributed by atoms with van der Waals surface area (Å²) in [6, 6.07) is 4.07. The lowest BCUT2D eigenvalue weighted by Gasteiger charge is -2.29. The number of ether oxygens (including phenoxy) is 1. The first-order chi connectivity index (χ1) is 8.81. The first-order valence-corrected chi connectivity index (χ1v) is 7.12. The van der Waals surface area contributed by atoms with Gasteiger partial charge in [-0.15, -0.1) is 0 Å². The van der Waals surface area contributed by atoms with Crippen LogP contribution in [0.15, 0.2) is 18.3 Å². The Morgan fingerprint density at radius 1 is 1.39 bits per heavy atom. The molecular formula is C15H24N2O. The zero-order chi connectivity index (χ0) is 12.8. The fourth-order valence-electron chi connectivity index (χ4n) is 2.53. The van der Waals surface area contributed by atoms with Crippen LogP contribution in [0.2, 0.25) is 0 Å². The molecule has 1 aromatic rings. The molecule has 0 aliphatic heterocycles.